The van der Waals surface area contributed by atoms with E-state index in [0.29, 0.717) is 12.1 Å². The Morgan fingerprint density at radius 2 is 1.85 bits per heavy atom. The lowest BCUT2D eigenvalue weighted by Crippen LogP contribution is -2.39. The zero-order chi connectivity index (χ0) is 14.8. The van der Waals surface area contributed by atoms with E-state index in [1.54, 1.807) is 12.1 Å². The van der Waals surface area contributed by atoms with Crippen LogP contribution < -0.4 is 5.32 Å². The monoisotopic (exact) mass is 277 g/mol. The fourth-order valence-corrected chi connectivity index (χ4v) is 1.99. The number of ether oxygens (including phenoxy) is 1. The van der Waals surface area contributed by atoms with Gasteiger partial charge in [-0.15, -0.1) is 0 Å². The number of carbonyl (C=O) groups excluding carboxylic acids is 1. The topological polar surface area (TPSA) is 38.3 Å². The molecule has 0 unspecified atom stereocenters. The predicted molar refractivity (Wildman–Crippen MR) is 82.9 cm³/mol. The molecule has 0 radical (unpaired) electrons. The Labute approximate surface area is 122 Å². The van der Waals surface area contributed by atoms with Crippen molar-refractivity contribution in [2.24, 2.45) is 0 Å². The first kappa shape index (κ1) is 16.7. The quantitative estimate of drug-likeness (QED) is 0.551. The van der Waals surface area contributed by atoms with Crippen molar-refractivity contribution in [3.8, 4) is 0 Å². The van der Waals surface area contributed by atoms with Crippen LogP contribution in [-0.4, -0.2) is 24.7 Å². The van der Waals surface area contributed by atoms with Crippen LogP contribution in [0.25, 0.3) is 0 Å². The zero-order valence-electron chi connectivity index (χ0n) is 12.9. The fraction of sp³-hybridized carbons (Fsp3) is 0.588. The van der Waals surface area contributed by atoms with Crippen LogP contribution in [-0.2, 0) is 4.74 Å². The summed E-state index contributed by atoms with van der Waals surface area (Å²) < 4.78 is 5.55. The van der Waals surface area contributed by atoms with Crippen LogP contribution in [0.15, 0.2) is 30.3 Å². The van der Waals surface area contributed by atoms with E-state index in [0.717, 1.165) is 6.54 Å². The molecule has 0 fully saturated rings. The third-order valence-electron chi connectivity index (χ3n) is 3.14. The van der Waals surface area contributed by atoms with Crippen LogP contribution in [0.4, 0.5) is 0 Å². The minimum atomic E-state index is -0.488. The van der Waals surface area contributed by atoms with Crippen molar-refractivity contribution < 1.29 is 9.53 Å². The smallest absolute Gasteiger partial charge is 0.338 e. The van der Waals surface area contributed by atoms with Gasteiger partial charge in [0.2, 0.25) is 0 Å². The number of hydrogen-bond donors (Lipinski definition) is 1. The van der Waals surface area contributed by atoms with Crippen LogP contribution in [0.5, 0.6) is 0 Å². The molecular formula is C17H27NO2. The molecule has 1 aromatic carbocycles. The molecule has 20 heavy (non-hydrogen) atoms. The van der Waals surface area contributed by atoms with Gasteiger partial charge in [-0.3, -0.25) is 0 Å². The van der Waals surface area contributed by atoms with Crippen LogP contribution >= 0.6 is 0 Å². The molecule has 1 N–H and O–H groups in total. The molecule has 3 heteroatoms. The summed E-state index contributed by atoms with van der Waals surface area (Å²) in [5.74, 6) is -0.261. The van der Waals surface area contributed by atoms with Crippen LogP contribution in [0.3, 0.4) is 0 Å². The molecule has 0 atom stereocenters. The zero-order valence-corrected chi connectivity index (χ0v) is 12.9. The molecule has 112 valence electrons. The minimum absolute atomic E-state index is 0.261. The number of benzene rings is 1. The summed E-state index contributed by atoms with van der Waals surface area (Å²) >= 11 is 0. The van der Waals surface area contributed by atoms with E-state index in [4.69, 9.17) is 4.74 Å². The number of esters is 1. The Hall–Kier alpha value is -1.35. The maximum absolute atomic E-state index is 12.0. The van der Waals surface area contributed by atoms with Crippen molar-refractivity contribution in [2.75, 3.05) is 13.1 Å². The van der Waals surface area contributed by atoms with Crippen molar-refractivity contribution in [3.63, 3.8) is 0 Å². The van der Waals surface area contributed by atoms with E-state index in [1.165, 1.54) is 25.7 Å². The summed E-state index contributed by atoms with van der Waals surface area (Å²) in [7, 11) is 0. The number of nitrogens with one attached hydrogen (secondary N) is 1. The summed E-state index contributed by atoms with van der Waals surface area (Å²) in [5.41, 5.74) is 0.112. The van der Waals surface area contributed by atoms with Gasteiger partial charge in [-0.1, -0.05) is 44.4 Å². The summed E-state index contributed by atoms with van der Waals surface area (Å²) in [5, 5.41) is 3.36. The number of unbranched alkanes of at least 4 members (excludes halogenated alkanes) is 3. The second-order valence-corrected chi connectivity index (χ2v) is 5.75. The minimum Gasteiger partial charge on any atom is -0.455 e. The predicted octanol–water partition coefficient (Wildman–Crippen LogP) is 3.79. The molecule has 0 saturated heterocycles. The van der Waals surface area contributed by atoms with Gasteiger partial charge in [0.25, 0.3) is 0 Å². The number of carbonyl (C=O) groups is 1. The standard InChI is InChI=1S/C17H27NO2/c1-4-5-6-10-13-18-14-17(2,3)20-16(19)15-11-8-7-9-12-15/h7-9,11-12,18H,4-6,10,13-14H2,1-3H3. The molecule has 0 aliphatic heterocycles. The third-order valence-corrected chi connectivity index (χ3v) is 3.14. The number of rotatable bonds is 9. The lowest BCUT2D eigenvalue weighted by Gasteiger charge is -2.25. The lowest BCUT2D eigenvalue weighted by molar-refractivity contribution is -0.000409. The average Bonchev–Trinajstić information content (AvgIpc) is 2.43. The van der Waals surface area contributed by atoms with Crippen molar-refractivity contribution in [1.29, 1.82) is 0 Å². The Balaban J connectivity index is 2.28. The van der Waals surface area contributed by atoms with Gasteiger partial charge >= 0.3 is 5.97 Å². The highest BCUT2D eigenvalue weighted by Gasteiger charge is 2.23. The maximum atomic E-state index is 12.0. The van der Waals surface area contributed by atoms with Crippen LogP contribution in [0, 0.1) is 0 Å². The largest absolute Gasteiger partial charge is 0.455 e. The maximum Gasteiger partial charge on any atom is 0.338 e. The Kier molecular flexibility index (Phi) is 7.31. The molecule has 1 rings (SSSR count). The van der Waals surface area contributed by atoms with Gasteiger partial charge in [-0.2, -0.15) is 0 Å². The van der Waals surface area contributed by atoms with Gasteiger partial charge in [-0.05, 0) is 38.9 Å². The first-order chi connectivity index (χ1) is 9.55. The highest BCUT2D eigenvalue weighted by atomic mass is 16.6. The normalized spacial score (nSPS) is 11.3. The highest BCUT2D eigenvalue weighted by molar-refractivity contribution is 5.89. The molecule has 0 saturated carbocycles. The van der Waals surface area contributed by atoms with E-state index in [2.05, 4.69) is 12.2 Å². The molecule has 3 nitrogen and oxygen atoms in total. The highest BCUT2D eigenvalue weighted by Crippen LogP contribution is 2.12. The molecule has 0 heterocycles. The number of hydrogen-bond acceptors (Lipinski definition) is 3. The van der Waals surface area contributed by atoms with E-state index in [-0.39, 0.29) is 5.97 Å². The summed E-state index contributed by atoms with van der Waals surface area (Å²) in [6.45, 7) is 7.74. The molecular weight excluding hydrogens is 250 g/mol. The van der Waals surface area contributed by atoms with Crippen molar-refractivity contribution in [2.45, 2.75) is 52.1 Å². The molecule has 0 spiro atoms. The van der Waals surface area contributed by atoms with Gasteiger partial charge in [0.15, 0.2) is 0 Å². The molecule has 0 bridgehead atoms. The van der Waals surface area contributed by atoms with E-state index < -0.39 is 5.60 Å². The average molecular weight is 277 g/mol. The van der Waals surface area contributed by atoms with Gasteiger partial charge in [0.1, 0.15) is 5.60 Å². The molecule has 1 aromatic rings. The van der Waals surface area contributed by atoms with Gasteiger partial charge in [-0.25, -0.2) is 4.79 Å². The van der Waals surface area contributed by atoms with Crippen molar-refractivity contribution in [3.05, 3.63) is 35.9 Å². The lowest BCUT2D eigenvalue weighted by atomic mass is 10.1. The first-order valence-corrected chi connectivity index (χ1v) is 7.54. The Morgan fingerprint density at radius 1 is 1.15 bits per heavy atom. The second-order valence-electron chi connectivity index (χ2n) is 5.75. The van der Waals surface area contributed by atoms with Gasteiger partial charge in [0.05, 0.1) is 5.56 Å². The third kappa shape index (κ3) is 6.71. The molecule has 0 aromatic heterocycles. The first-order valence-electron chi connectivity index (χ1n) is 7.54. The van der Waals surface area contributed by atoms with Crippen molar-refractivity contribution >= 4 is 5.97 Å². The van der Waals surface area contributed by atoms with E-state index in [1.807, 2.05) is 32.0 Å². The van der Waals surface area contributed by atoms with E-state index >= 15 is 0 Å². The van der Waals surface area contributed by atoms with Gasteiger partial charge < -0.3 is 10.1 Å². The Bertz CT molecular complexity index is 387. The van der Waals surface area contributed by atoms with E-state index in [9.17, 15) is 4.79 Å². The fourth-order valence-electron chi connectivity index (χ4n) is 1.99. The molecule has 0 aliphatic rings. The second kappa shape index (κ2) is 8.75. The van der Waals surface area contributed by atoms with Crippen molar-refractivity contribution in [1.82, 2.24) is 5.32 Å². The van der Waals surface area contributed by atoms with Crippen LogP contribution in [0.1, 0.15) is 56.8 Å². The summed E-state index contributed by atoms with van der Waals surface area (Å²) in [6, 6.07) is 9.12. The van der Waals surface area contributed by atoms with Gasteiger partial charge in [0, 0.05) is 6.54 Å². The molecule has 0 amide bonds. The summed E-state index contributed by atoms with van der Waals surface area (Å²) in [4.78, 5) is 12.0. The Morgan fingerprint density at radius 3 is 2.50 bits per heavy atom. The van der Waals surface area contributed by atoms with Crippen LogP contribution in [0.2, 0.25) is 0 Å². The molecule has 0 aliphatic carbocycles. The SMILES string of the molecule is CCCCCCNCC(C)(C)OC(=O)c1ccccc1. The summed E-state index contributed by atoms with van der Waals surface area (Å²) in [6.07, 6.45) is 4.97.